The molecule has 0 aliphatic carbocycles. The quantitative estimate of drug-likeness (QED) is 0.294. The number of para-hydroxylation sites is 1. The average molecular weight is 430 g/mol. The van der Waals surface area contributed by atoms with Crippen LogP contribution in [0.25, 0.3) is 34.2 Å². The molecule has 33 heavy (non-hydrogen) atoms. The van der Waals surface area contributed by atoms with Gasteiger partial charge in [0.05, 0.1) is 0 Å². The second kappa shape index (κ2) is 9.05. The average Bonchev–Trinajstić information content (AvgIpc) is 2.86. The molecule has 0 saturated heterocycles. The van der Waals surface area contributed by atoms with E-state index in [0.717, 1.165) is 28.2 Å². The van der Waals surface area contributed by atoms with Gasteiger partial charge in [0, 0.05) is 16.7 Å². The third-order valence-corrected chi connectivity index (χ3v) is 5.35. The minimum absolute atomic E-state index is 0.627. The number of aromatic nitrogens is 3. The normalized spacial score (nSPS) is 10.7. The predicted octanol–water partition coefficient (Wildman–Crippen LogP) is 7.28. The van der Waals surface area contributed by atoms with Gasteiger partial charge in [0.2, 0.25) is 0 Å². The van der Waals surface area contributed by atoms with Crippen molar-refractivity contribution in [3.8, 4) is 45.7 Å². The molecular weight excluding hydrogens is 406 g/mol. The van der Waals surface area contributed by atoms with E-state index in [1.807, 2.05) is 78.9 Å². The fourth-order valence-corrected chi connectivity index (χ4v) is 3.47. The van der Waals surface area contributed by atoms with Crippen molar-refractivity contribution < 1.29 is 4.74 Å². The van der Waals surface area contributed by atoms with Gasteiger partial charge >= 0.3 is 0 Å². The van der Waals surface area contributed by atoms with Crippen molar-refractivity contribution in [3.05, 3.63) is 114 Å². The lowest BCUT2D eigenvalue weighted by Gasteiger charge is -2.10. The summed E-state index contributed by atoms with van der Waals surface area (Å²) in [5.41, 5.74) is 5.21. The molecule has 0 bridgehead atoms. The summed E-state index contributed by atoms with van der Waals surface area (Å²) in [7, 11) is 0. The van der Waals surface area contributed by atoms with Crippen molar-refractivity contribution in [3.63, 3.8) is 0 Å². The largest absolute Gasteiger partial charge is 0.457 e. The van der Waals surface area contributed by atoms with Crippen molar-refractivity contribution >= 4 is 0 Å². The van der Waals surface area contributed by atoms with Crippen LogP contribution >= 0.6 is 0 Å². The summed E-state index contributed by atoms with van der Waals surface area (Å²) in [5.74, 6) is 3.49. The molecule has 0 saturated carbocycles. The third kappa shape index (κ3) is 4.80. The topological polar surface area (TPSA) is 47.9 Å². The molecule has 160 valence electrons. The Kier molecular flexibility index (Phi) is 5.64. The maximum atomic E-state index is 5.92. The Morgan fingerprint density at radius 1 is 0.424 bits per heavy atom. The van der Waals surface area contributed by atoms with Gasteiger partial charge in [-0.3, -0.25) is 0 Å². The Morgan fingerprint density at radius 2 is 0.788 bits per heavy atom. The van der Waals surface area contributed by atoms with Crippen LogP contribution in [-0.2, 0) is 0 Å². The van der Waals surface area contributed by atoms with Crippen LogP contribution in [0.3, 0.4) is 0 Å². The molecule has 0 spiro atoms. The molecule has 0 aliphatic rings. The van der Waals surface area contributed by atoms with Gasteiger partial charge in [0.1, 0.15) is 11.5 Å². The number of hydrogen-bond acceptors (Lipinski definition) is 4. The number of hydrogen-bond donors (Lipinski definition) is 0. The van der Waals surface area contributed by atoms with Gasteiger partial charge in [-0.25, -0.2) is 15.0 Å². The zero-order valence-electron chi connectivity index (χ0n) is 18.6. The molecule has 4 nitrogen and oxygen atoms in total. The second-order valence-corrected chi connectivity index (χ2v) is 7.98. The highest BCUT2D eigenvalue weighted by Gasteiger charge is 2.12. The maximum absolute atomic E-state index is 5.92. The van der Waals surface area contributed by atoms with Crippen molar-refractivity contribution in [1.29, 1.82) is 0 Å². The molecule has 0 amide bonds. The fourth-order valence-electron chi connectivity index (χ4n) is 3.47. The Bertz CT molecular complexity index is 1300. The molecule has 5 aromatic rings. The first-order chi connectivity index (χ1) is 16.1. The lowest BCUT2D eigenvalue weighted by atomic mass is 10.1. The maximum Gasteiger partial charge on any atom is 0.164 e. The van der Waals surface area contributed by atoms with Crippen molar-refractivity contribution in [2.45, 2.75) is 13.8 Å². The standard InChI is InChI=1S/C29H23N3O/c1-20-8-12-22(13-9-20)27-30-28(23-14-10-21(2)11-15-23)32-29(31-27)24-16-18-26(19-17-24)33-25-6-4-3-5-7-25/h3-19H,1-2H3. The molecule has 4 aromatic carbocycles. The summed E-state index contributed by atoms with van der Waals surface area (Å²) >= 11 is 0. The SMILES string of the molecule is Cc1ccc(-c2nc(-c3ccc(C)cc3)nc(-c3ccc(Oc4ccccc4)cc3)n2)cc1. The smallest absolute Gasteiger partial charge is 0.164 e. The molecule has 0 unspecified atom stereocenters. The van der Waals surface area contributed by atoms with E-state index in [4.69, 9.17) is 19.7 Å². The summed E-state index contributed by atoms with van der Waals surface area (Å²) in [6.07, 6.45) is 0. The van der Waals surface area contributed by atoms with Crippen LogP contribution in [0.2, 0.25) is 0 Å². The summed E-state index contributed by atoms with van der Waals surface area (Å²) in [6.45, 7) is 4.14. The molecule has 4 heteroatoms. The summed E-state index contributed by atoms with van der Waals surface area (Å²) < 4.78 is 5.92. The minimum atomic E-state index is 0.627. The van der Waals surface area contributed by atoms with E-state index in [1.165, 1.54) is 11.1 Å². The molecule has 1 heterocycles. The highest BCUT2D eigenvalue weighted by atomic mass is 16.5. The first kappa shape index (κ1) is 20.6. The molecule has 0 fully saturated rings. The highest BCUT2D eigenvalue weighted by molar-refractivity contribution is 5.67. The Hall–Kier alpha value is -4.31. The van der Waals surface area contributed by atoms with E-state index in [9.17, 15) is 0 Å². The number of benzene rings is 4. The summed E-state index contributed by atoms with van der Waals surface area (Å²) in [4.78, 5) is 14.4. The van der Waals surface area contributed by atoms with Gasteiger partial charge in [-0.1, -0.05) is 77.9 Å². The van der Waals surface area contributed by atoms with Crippen molar-refractivity contribution in [2.75, 3.05) is 0 Å². The number of aryl methyl sites for hydroxylation is 2. The van der Waals surface area contributed by atoms with Gasteiger partial charge < -0.3 is 4.74 Å². The molecule has 0 radical (unpaired) electrons. The predicted molar refractivity (Wildman–Crippen MR) is 132 cm³/mol. The van der Waals surface area contributed by atoms with Gasteiger partial charge in [-0.2, -0.15) is 0 Å². The van der Waals surface area contributed by atoms with Gasteiger partial charge in [-0.15, -0.1) is 0 Å². The van der Waals surface area contributed by atoms with E-state index < -0.39 is 0 Å². The van der Waals surface area contributed by atoms with Crippen LogP contribution < -0.4 is 4.74 Å². The Labute approximate surface area is 193 Å². The van der Waals surface area contributed by atoms with Crippen LogP contribution in [0, 0.1) is 13.8 Å². The number of ether oxygens (including phenoxy) is 1. The first-order valence-electron chi connectivity index (χ1n) is 10.9. The van der Waals surface area contributed by atoms with Crippen molar-refractivity contribution in [2.24, 2.45) is 0 Å². The summed E-state index contributed by atoms with van der Waals surface area (Å²) in [6, 6.07) is 34.0. The van der Waals surface area contributed by atoms with Gasteiger partial charge in [-0.05, 0) is 50.2 Å². The van der Waals surface area contributed by atoms with Crippen molar-refractivity contribution in [1.82, 2.24) is 15.0 Å². The van der Waals surface area contributed by atoms with Crippen LogP contribution in [0.15, 0.2) is 103 Å². The zero-order chi connectivity index (χ0) is 22.6. The van der Waals surface area contributed by atoms with Crippen LogP contribution in [-0.4, -0.2) is 15.0 Å². The molecule has 0 N–H and O–H groups in total. The van der Waals surface area contributed by atoms with Gasteiger partial charge in [0.25, 0.3) is 0 Å². The fraction of sp³-hybridized carbons (Fsp3) is 0.0690. The van der Waals surface area contributed by atoms with Crippen LogP contribution in [0.5, 0.6) is 11.5 Å². The highest BCUT2D eigenvalue weighted by Crippen LogP contribution is 2.27. The van der Waals surface area contributed by atoms with E-state index in [2.05, 4.69) is 38.1 Å². The van der Waals surface area contributed by atoms with E-state index in [1.54, 1.807) is 0 Å². The van der Waals surface area contributed by atoms with Gasteiger partial charge in [0.15, 0.2) is 17.5 Å². The molecule has 0 aliphatic heterocycles. The Morgan fingerprint density at radius 3 is 1.21 bits per heavy atom. The first-order valence-corrected chi connectivity index (χ1v) is 10.9. The minimum Gasteiger partial charge on any atom is -0.457 e. The van der Waals surface area contributed by atoms with E-state index in [0.29, 0.717) is 17.5 Å². The van der Waals surface area contributed by atoms with Crippen LogP contribution in [0.1, 0.15) is 11.1 Å². The molecule has 0 atom stereocenters. The number of rotatable bonds is 5. The summed E-state index contributed by atoms with van der Waals surface area (Å²) in [5, 5.41) is 0. The third-order valence-electron chi connectivity index (χ3n) is 5.35. The van der Waals surface area contributed by atoms with Crippen LogP contribution in [0.4, 0.5) is 0 Å². The molecular formula is C29H23N3O. The Balaban J connectivity index is 1.54. The van der Waals surface area contributed by atoms with E-state index in [-0.39, 0.29) is 0 Å². The second-order valence-electron chi connectivity index (χ2n) is 7.98. The molecule has 1 aromatic heterocycles. The lowest BCUT2D eigenvalue weighted by Crippen LogP contribution is -2.00. The lowest BCUT2D eigenvalue weighted by molar-refractivity contribution is 0.483. The molecule has 5 rings (SSSR count). The van der Waals surface area contributed by atoms with E-state index >= 15 is 0 Å². The monoisotopic (exact) mass is 429 g/mol. The number of nitrogens with zero attached hydrogens (tertiary/aromatic N) is 3. The zero-order valence-corrected chi connectivity index (χ0v) is 18.6.